The lowest BCUT2D eigenvalue weighted by Gasteiger charge is -2.31. The van der Waals surface area contributed by atoms with Gasteiger partial charge in [-0.05, 0) is 43.4 Å². The number of amides is 1. The Labute approximate surface area is 123 Å². The molecular weight excluding hydrogens is 268 g/mol. The fourth-order valence-electron chi connectivity index (χ4n) is 3.21. The Morgan fingerprint density at radius 3 is 2.71 bits per heavy atom. The van der Waals surface area contributed by atoms with Crippen LogP contribution in [0.1, 0.15) is 35.2 Å². The highest BCUT2D eigenvalue weighted by atomic mass is 16.4. The zero-order valence-electron chi connectivity index (χ0n) is 12.0. The number of fused-ring (bicyclic) bond motifs is 1. The number of rotatable bonds is 2. The summed E-state index contributed by atoms with van der Waals surface area (Å²) < 4.78 is 0. The molecule has 1 aromatic carbocycles. The summed E-state index contributed by atoms with van der Waals surface area (Å²) in [6.45, 7) is 2.02. The van der Waals surface area contributed by atoms with Crippen LogP contribution in [0, 0.1) is 5.92 Å². The average molecular weight is 288 g/mol. The molecule has 21 heavy (non-hydrogen) atoms. The molecule has 1 amide bonds. The van der Waals surface area contributed by atoms with Crippen LogP contribution in [-0.4, -0.2) is 41.5 Å². The number of benzene rings is 1. The van der Waals surface area contributed by atoms with Crippen molar-refractivity contribution in [2.75, 3.05) is 25.0 Å². The molecule has 0 aromatic heterocycles. The number of anilines is 1. The third kappa shape index (κ3) is 2.73. The molecule has 1 fully saturated rings. The van der Waals surface area contributed by atoms with Crippen molar-refractivity contribution in [2.24, 2.45) is 5.92 Å². The number of aliphatic carboxylic acids is 1. The molecule has 5 heteroatoms. The highest BCUT2D eigenvalue weighted by molar-refractivity contribution is 5.97. The molecule has 2 aliphatic rings. The van der Waals surface area contributed by atoms with E-state index < -0.39 is 5.97 Å². The van der Waals surface area contributed by atoms with E-state index in [0.717, 1.165) is 36.2 Å². The highest BCUT2D eigenvalue weighted by Crippen LogP contribution is 2.27. The minimum absolute atomic E-state index is 0.0411. The normalized spacial score (nSPS) is 18.8. The molecule has 112 valence electrons. The predicted octanol–water partition coefficient (Wildman–Crippen LogP) is 1.98. The molecule has 1 saturated heterocycles. The van der Waals surface area contributed by atoms with Gasteiger partial charge in [-0.2, -0.15) is 0 Å². The van der Waals surface area contributed by atoms with E-state index in [1.54, 1.807) is 4.90 Å². The number of carbonyl (C=O) groups is 2. The van der Waals surface area contributed by atoms with Gasteiger partial charge in [0.1, 0.15) is 0 Å². The second-order valence-corrected chi connectivity index (χ2v) is 5.77. The van der Waals surface area contributed by atoms with Gasteiger partial charge in [0.05, 0.1) is 5.92 Å². The molecule has 2 heterocycles. The van der Waals surface area contributed by atoms with Gasteiger partial charge in [0.2, 0.25) is 0 Å². The summed E-state index contributed by atoms with van der Waals surface area (Å²) in [5, 5.41) is 12.4. The van der Waals surface area contributed by atoms with Crippen LogP contribution in [-0.2, 0) is 11.2 Å². The van der Waals surface area contributed by atoms with Crippen molar-refractivity contribution in [1.82, 2.24) is 4.90 Å². The molecule has 5 nitrogen and oxygen atoms in total. The predicted molar refractivity (Wildman–Crippen MR) is 79.5 cm³/mol. The number of hydrogen-bond acceptors (Lipinski definition) is 3. The summed E-state index contributed by atoms with van der Waals surface area (Å²) in [4.78, 5) is 25.5. The maximum Gasteiger partial charge on any atom is 0.306 e. The van der Waals surface area contributed by atoms with E-state index in [-0.39, 0.29) is 11.8 Å². The quantitative estimate of drug-likeness (QED) is 0.873. The molecule has 0 bridgehead atoms. The smallest absolute Gasteiger partial charge is 0.306 e. The molecule has 0 radical (unpaired) electrons. The maximum absolute atomic E-state index is 12.7. The Hall–Kier alpha value is -2.04. The van der Waals surface area contributed by atoms with Crippen molar-refractivity contribution in [2.45, 2.75) is 25.7 Å². The molecular formula is C16H20N2O3. The highest BCUT2D eigenvalue weighted by Gasteiger charge is 2.29. The van der Waals surface area contributed by atoms with Gasteiger partial charge in [0.15, 0.2) is 0 Å². The number of carboxylic acid groups (broad SMARTS) is 1. The molecule has 0 saturated carbocycles. The number of piperidine rings is 1. The fraction of sp³-hybridized carbons (Fsp3) is 0.500. The SMILES string of the molecule is O=C(O)C1CCN(C(=O)c2cccc3c2CCCN3)CC1. The number of nitrogens with zero attached hydrogens (tertiary/aromatic N) is 1. The zero-order valence-corrected chi connectivity index (χ0v) is 12.0. The van der Waals surface area contributed by atoms with Gasteiger partial charge in [0.25, 0.3) is 5.91 Å². The van der Waals surface area contributed by atoms with Crippen LogP contribution in [0.2, 0.25) is 0 Å². The van der Waals surface area contributed by atoms with Crippen LogP contribution in [0.3, 0.4) is 0 Å². The Kier molecular flexibility index (Phi) is 3.82. The maximum atomic E-state index is 12.7. The van der Waals surface area contributed by atoms with Crippen molar-refractivity contribution in [3.05, 3.63) is 29.3 Å². The molecule has 1 aromatic rings. The number of likely N-dealkylation sites (tertiary alicyclic amines) is 1. The lowest BCUT2D eigenvalue weighted by Crippen LogP contribution is -2.40. The molecule has 0 spiro atoms. The topological polar surface area (TPSA) is 69.6 Å². The first kappa shape index (κ1) is 13.9. The van der Waals surface area contributed by atoms with E-state index >= 15 is 0 Å². The van der Waals surface area contributed by atoms with E-state index in [2.05, 4.69) is 5.32 Å². The fourth-order valence-corrected chi connectivity index (χ4v) is 3.21. The Balaban J connectivity index is 1.76. The van der Waals surface area contributed by atoms with Crippen molar-refractivity contribution in [1.29, 1.82) is 0 Å². The van der Waals surface area contributed by atoms with E-state index in [4.69, 9.17) is 5.11 Å². The van der Waals surface area contributed by atoms with Crippen molar-refractivity contribution in [3.8, 4) is 0 Å². The van der Waals surface area contributed by atoms with E-state index in [1.165, 1.54) is 0 Å². The van der Waals surface area contributed by atoms with Crippen molar-refractivity contribution in [3.63, 3.8) is 0 Å². The molecule has 0 unspecified atom stereocenters. The molecule has 3 rings (SSSR count). The summed E-state index contributed by atoms with van der Waals surface area (Å²) in [6.07, 6.45) is 3.07. The van der Waals surface area contributed by atoms with Crippen LogP contribution in [0.15, 0.2) is 18.2 Å². The summed E-state index contributed by atoms with van der Waals surface area (Å²) in [6, 6.07) is 5.81. The van der Waals surface area contributed by atoms with Gasteiger partial charge in [-0.3, -0.25) is 9.59 Å². The first-order valence-corrected chi connectivity index (χ1v) is 7.54. The van der Waals surface area contributed by atoms with Crippen LogP contribution < -0.4 is 5.32 Å². The summed E-state index contributed by atoms with van der Waals surface area (Å²) >= 11 is 0. The van der Waals surface area contributed by atoms with Gasteiger partial charge in [-0.1, -0.05) is 6.07 Å². The average Bonchev–Trinajstić information content (AvgIpc) is 2.53. The molecule has 0 aliphatic carbocycles. The third-order valence-corrected chi connectivity index (χ3v) is 4.46. The van der Waals surface area contributed by atoms with Crippen LogP contribution in [0.4, 0.5) is 5.69 Å². The standard InChI is InChI=1S/C16H20N2O3/c19-15(18-9-6-11(7-10-18)16(20)21)13-3-1-5-14-12(13)4-2-8-17-14/h1,3,5,11,17H,2,4,6-10H2,(H,20,21). The van der Waals surface area contributed by atoms with E-state index in [0.29, 0.717) is 25.9 Å². The van der Waals surface area contributed by atoms with E-state index in [9.17, 15) is 9.59 Å². The largest absolute Gasteiger partial charge is 0.481 e. The monoisotopic (exact) mass is 288 g/mol. The minimum Gasteiger partial charge on any atom is -0.481 e. The Morgan fingerprint density at radius 1 is 1.24 bits per heavy atom. The van der Waals surface area contributed by atoms with Gasteiger partial charge in [-0.25, -0.2) is 0 Å². The molecule has 2 N–H and O–H groups in total. The number of hydrogen-bond donors (Lipinski definition) is 2. The zero-order chi connectivity index (χ0) is 14.8. The summed E-state index contributed by atoms with van der Waals surface area (Å²) in [5.41, 5.74) is 2.94. The third-order valence-electron chi connectivity index (χ3n) is 4.46. The second-order valence-electron chi connectivity index (χ2n) is 5.77. The van der Waals surface area contributed by atoms with Gasteiger partial charge >= 0.3 is 5.97 Å². The molecule has 2 aliphatic heterocycles. The van der Waals surface area contributed by atoms with Crippen LogP contribution in [0.25, 0.3) is 0 Å². The lowest BCUT2D eigenvalue weighted by atomic mass is 9.94. The van der Waals surface area contributed by atoms with Gasteiger partial charge in [-0.15, -0.1) is 0 Å². The Morgan fingerprint density at radius 2 is 2.00 bits per heavy atom. The van der Waals surface area contributed by atoms with Crippen molar-refractivity contribution < 1.29 is 14.7 Å². The van der Waals surface area contributed by atoms with Gasteiger partial charge < -0.3 is 15.3 Å². The number of carbonyl (C=O) groups excluding carboxylic acids is 1. The molecule has 0 atom stereocenters. The number of carboxylic acids is 1. The Bertz CT molecular complexity index is 563. The first-order chi connectivity index (χ1) is 10.2. The summed E-state index contributed by atoms with van der Waals surface area (Å²) in [7, 11) is 0. The lowest BCUT2D eigenvalue weighted by molar-refractivity contribution is -0.143. The second kappa shape index (κ2) is 5.76. The minimum atomic E-state index is -0.747. The number of nitrogens with one attached hydrogen (secondary N) is 1. The van der Waals surface area contributed by atoms with Crippen LogP contribution >= 0.6 is 0 Å². The van der Waals surface area contributed by atoms with Crippen molar-refractivity contribution >= 4 is 17.6 Å². The first-order valence-electron chi connectivity index (χ1n) is 7.54. The van der Waals surface area contributed by atoms with Crippen LogP contribution in [0.5, 0.6) is 0 Å². The van der Waals surface area contributed by atoms with Gasteiger partial charge in [0, 0.05) is 30.9 Å². The van der Waals surface area contributed by atoms with E-state index in [1.807, 2.05) is 18.2 Å². The summed E-state index contributed by atoms with van der Waals surface area (Å²) in [5.74, 6) is -1.01.